The van der Waals surface area contributed by atoms with Crippen molar-refractivity contribution in [2.24, 2.45) is 0 Å². The summed E-state index contributed by atoms with van der Waals surface area (Å²) in [5, 5.41) is 11.7. The van der Waals surface area contributed by atoms with E-state index < -0.39 is 0 Å². The summed E-state index contributed by atoms with van der Waals surface area (Å²) in [7, 11) is 0. The van der Waals surface area contributed by atoms with Gasteiger partial charge in [-0.2, -0.15) is 0 Å². The fourth-order valence-electron chi connectivity index (χ4n) is 3.88. The van der Waals surface area contributed by atoms with Gasteiger partial charge in [0.15, 0.2) is 11.6 Å². The monoisotopic (exact) mass is 428 g/mol. The molecule has 1 amide bonds. The van der Waals surface area contributed by atoms with E-state index in [0.717, 1.165) is 48.8 Å². The maximum atomic E-state index is 12.7. The molecule has 1 N–H and O–H groups in total. The first-order chi connectivity index (χ1) is 15.8. The average Bonchev–Trinajstić information content (AvgIpc) is 3.40. The molecule has 0 saturated carbocycles. The van der Waals surface area contributed by atoms with Gasteiger partial charge in [0.05, 0.1) is 0 Å². The van der Waals surface area contributed by atoms with Crippen molar-refractivity contribution in [2.45, 2.75) is 38.8 Å². The Morgan fingerprint density at radius 3 is 2.81 bits per heavy atom. The number of para-hydroxylation sites is 1. The first-order valence-corrected chi connectivity index (χ1v) is 10.9. The summed E-state index contributed by atoms with van der Waals surface area (Å²) in [6, 6.07) is 20.6. The lowest BCUT2D eigenvalue weighted by atomic mass is 10.2. The Balaban J connectivity index is 1.27. The number of amides is 1. The van der Waals surface area contributed by atoms with Crippen molar-refractivity contribution in [2.75, 3.05) is 5.32 Å². The Morgan fingerprint density at radius 1 is 1.00 bits per heavy atom. The Hall–Kier alpha value is -3.87. The number of ether oxygens (including phenoxy) is 1. The highest BCUT2D eigenvalue weighted by Crippen LogP contribution is 2.25. The number of nitrogens with one attached hydrogen (secondary N) is 1. The van der Waals surface area contributed by atoms with Crippen molar-refractivity contribution in [1.29, 1.82) is 0 Å². The standard InChI is InChI=1S/C25H24N4O3/c30-25(22-14-13-21(32-22)17-31-20-10-3-1-4-11-20)26-19-9-7-8-18(16-19)24-28-27-23-12-5-2-6-15-29(23)24/h1,3-4,7-11,13-14,16H,2,5-6,12,15,17H2,(H,26,30). The number of rotatable bonds is 6. The average molecular weight is 428 g/mol. The van der Waals surface area contributed by atoms with E-state index in [1.165, 1.54) is 6.42 Å². The summed E-state index contributed by atoms with van der Waals surface area (Å²) < 4.78 is 13.5. The zero-order valence-electron chi connectivity index (χ0n) is 17.7. The van der Waals surface area contributed by atoms with Crippen molar-refractivity contribution in [3.8, 4) is 17.1 Å². The van der Waals surface area contributed by atoms with E-state index in [1.807, 2.05) is 54.6 Å². The second kappa shape index (κ2) is 9.09. The van der Waals surface area contributed by atoms with E-state index in [9.17, 15) is 4.79 Å². The van der Waals surface area contributed by atoms with Crippen LogP contribution >= 0.6 is 0 Å². The number of hydrogen-bond acceptors (Lipinski definition) is 5. The molecule has 0 radical (unpaired) electrons. The Morgan fingerprint density at radius 2 is 1.91 bits per heavy atom. The van der Waals surface area contributed by atoms with Crippen LogP contribution in [0, 0.1) is 0 Å². The molecule has 2 aromatic carbocycles. The smallest absolute Gasteiger partial charge is 0.291 e. The SMILES string of the molecule is O=C(Nc1cccc(-c2nnc3n2CCCCC3)c1)c1ccc(COc2ccccc2)o1. The second-order valence-electron chi connectivity index (χ2n) is 7.80. The van der Waals surface area contributed by atoms with Gasteiger partial charge in [-0.25, -0.2) is 0 Å². The molecule has 5 rings (SSSR count). The normalized spacial score (nSPS) is 13.2. The first-order valence-electron chi connectivity index (χ1n) is 10.9. The molecule has 3 heterocycles. The van der Waals surface area contributed by atoms with Crippen LogP contribution in [-0.2, 0) is 19.6 Å². The van der Waals surface area contributed by atoms with Gasteiger partial charge in [0.2, 0.25) is 0 Å². The van der Waals surface area contributed by atoms with E-state index in [0.29, 0.717) is 11.4 Å². The Labute approximate surface area is 186 Å². The zero-order chi connectivity index (χ0) is 21.8. The third kappa shape index (κ3) is 4.42. The topological polar surface area (TPSA) is 82.2 Å². The number of anilines is 1. The highest BCUT2D eigenvalue weighted by molar-refractivity contribution is 6.02. The second-order valence-corrected chi connectivity index (χ2v) is 7.80. The van der Waals surface area contributed by atoms with Crippen LogP contribution in [0.2, 0.25) is 0 Å². The minimum absolute atomic E-state index is 0.235. The molecule has 0 unspecified atom stereocenters. The summed E-state index contributed by atoms with van der Waals surface area (Å²) in [4.78, 5) is 12.7. The number of carbonyl (C=O) groups excluding carboxylic acids is 1. The number of hydrogen-bond donors (Lipinski definition) is 1. The van der Waals surface area contributed by atoms with Gasteiger partial charge in [-0.15, -0.1) is 10.2 Å². The molecule has 0 saturated heterocycles. The van der Waals surface area contributed by atoms with Gasteiger partial charge in [-0.05, 0) is 49.2 Å². The van der Waals surface area contributed by atoms with Crippen LogP contribution in [0.1, 0.15) is 41.4 Å². The molecule has 2 aromatic heterocycles. The third-order valence-electron chi connectivity index (χ3n) is 5.50. The number of furan rings is 1. The van der Waals surface area contributed by atoms with Crippen LogP contribution in [-0.4, -0.2) is 20.7 Å². The fourth-order valence-corrected chi connectivity index (χ4v) is 3.88. The lowest BCUT2D eigenvalue weighted by Crippen LogP contribution is -2.11. The highest BCUT2D eigenvalue weighted by Gasteiger charge is 2.17. The highest BCUT2D eigenvalue weighted by atomic mass is 16.5. The quantitative estimate of drug-likeness (QED) is 0.462. The minimum atomic E-state index is -0.312. The largest absolute Gasteiger partial charge is 0.486 e. The molecule has 0 atom stereocenters. The van der Waals surface area contributed by atoms with E-state index in [1.54, 1.807) is 12.1 Å². The number of aromatic nitrogens is 3. The molecule has 0 fully saturated rings. The van der Waals surface area contributed by atoms with Gasteiger partial charge >= 0.3 is 0 Å². The molecular weight excluding hydrogens is 404 g/mol. The molecule has 0 aliphatic carbocycles. The summed E-state index contributed by atoms with van der Waals surface area (Å²) in [5.41, 5.74) is 1.61. The van der Waals surface area contributed by atoms with Crippen LogP contribution in [0.15, 0.2) is 71.1 Å². The van der Waals surface area contributed by atoms with Gasteiger partial charge in [0.25, 0.3) is 5.91 Å². The number of fused-ring (bicyclic) bond motifs is 1. The zero-order valence-corrected chi connectivity index (χ0v) is 17.7. The maximum absolute atomic E-state index is 12.7. The van der Waals surface area contributed by atoms with E-state index in [2.05, 4.69) is 20.1 Å². The maximum Gasteiger partial charge on any atom is 0.291 e. The van der Waals surface area contributed by atoms with Gasteiger partial charge in [0.1, 0.15) is 23.9 Å². The molecular formula is C25H24N4O3. The number of aryl methyl sites for hydroxylation is 1. The molecule has 0 spiro atoms. The van der Waals surface area contributed by atoms with Crippen LogP contribution in [0.25, 0.3) is 11.4 Å². The van der Waals surface area contributed by atoms with Crippen molar-refractivity contribution < 1.29 is 13.9 Å². The van der Waals surface area contributed by atoms with Gasteiger partial charge in [0, 0.05) is 24.2 Å². The van der Waals surface area contributed by atoms with Crippen molar-refractivity contribution in [1.82, 2.24) is 14.8 Å². The number of carbonyl (C=O) groups is 1. The summed E-state index contributed by atoms with van der Waals surface area (Å²) >= 11 is 0. The summed E-state index contributed by atoms with van der Waals surface area (Å²) in [6.45, 7) is 1.18. The number of benzene rings is 2. The Kier molecular flexibility index (Phi) is 5.70. The van der Waals surface area contributed by atoms with Crippen LogP contribution < -0.4 is 10.1 Å². The lowest BCUT2D eigenvalue weighted by Gasteiger charge is -2.09. The van der Waals surface area contributed by atoms with E-state index in [4.69, 9.17) is 9.15 Å². The minimum Gasteiger partial charge on any atom is -0.486 e. The molecule has 4 aromatic rings. The van der Waals surface area contributed by atoms with E-state index >= 15 is 0 Å². The van der Waals surface area contributed by atoms with Crippen LogP contribution in [0.4, 0.5) is 5.69 Å². The molecule has 7 nitrogen and oxygen atoms in total. The van der Waals surface area contributed by atoms with Crippen LogP contribution in [0.3, 0.4) is 0 Å². The predicted molar refractivity (Wildman–Crippen MR) is 120 cm³/mol. The van der Waals surface area contributed by atoms with Gasteiger partial charge < -0.3 is 19.0 Å². The Bertz CT molecular complexity index is 1210. The van der Waals surface area contributed by atoms with Crippen molar-refractivity contribution in [3.63, 3.8) is 0 Å². The molecule has 162 valence electrons. The molecule has 7 heteroatoms. The van der Waals surface area contributed by atoms with Crippen molar-refractivity contribution >= 4 is 11.6 Å². The van der Waals surface area contributed by atoms with E-state index in [-0.39, 0.29) is 18.3 Å². The third-order valence-corrected chi connectivity index (χ3v) is 5.50. The molecule has 0 bridgehead atoms. The first kappa shape index (κ1) is 20.1. The fraction of sp³-hybridized carbons (Fsp3) is 0.240. The van der Waals surface area contributed by atoms with Crippen molar-refractivity contribution in [3.05, 3.63) is 84.1 Å². The van der Waals surface area contributed by atoms with Gasteiger partial charge in [-0.1, -0.05) is 36.8 Å². The van der Waals surface area contributed by atoms with Gasteiger partial charge in [-0.3, -0.25) is 4.79 Å². The predicted octanol–water partition coefficient (Wildman–Crippen LogP) is 5.10. The molecule has 32 heavy (non-hydrogen) atoms. The lowest BCUT2D eigenvalue weighted by molar-refractivity contribution is 0.0992. The summed E-state index contributed by atoms with van der Waals surface area (Å²) in [6.07, 6.45) is 4.44. The molecule has 1 aliphatic rings. The molecule has 1 aliphatic heterocycles. The number of nitrogens with zero attached hydrogens (tertiary/aromatic N) is 3. The van der Waals surface area contributed by atoms with Crippen LogP contribution in [0.5, 0.6) is 5.75 Å². The summed E-state index contributed by atoms with van der Waals surface area (Å²) in [5.74, 6) is 3.13.